The van der Waals surface area contributed by atoms with Gasteiger partial charge in [-0.25, -0.2) is 0 Å². The van der Waals surface area contributed by atoms with Crippen molar-refractivity contribution in [2.75, 3.05) is 33.3 Å². The second-order valence-corrected chi connectivity index (χ2v) is 7.74. The molecule has 0 unspecified atom stereocenters. The van der Waals surface area contributed by atoms with E-state index in [1.54, 1.807) is 7.11 Å². The van der Waals surface area contributed by atoms with E-state index in [1.165, 1.54) is 5.56 Å². The number of piperazine rings is 1. The quantitative estimate of drug-likeness (QED) is 0.556. The Morgan fingerprint density at radius 3 is 2.48 bits per heavy atom. The highest BCUT2D eigenvalue weighted by molar-refractivity contribution is 5.76. The van der Waals surface area contributed by atoms with E-state index in [2.05, 4.69) is 39.3 Å². The van der Waals surface area contributed by atoms with E-state index < -0.39 is 0 Å². The van der Waals surface area contributed by atoms with Gasteiger partial charge in [0.1, 0.15) is 5.75 Å². The van der Waals surface area contributed by atoms with Gasteiger partial charge in [0, 0.05) is 51.1 Å². The average molecular weight is 421 g/mol. The molecule has 31 heavy (non-hydrogen) atoms. The first-order valence-electron chi connectivity index (χ1n) is 10.7. The molecular weight excluding hydrogens is 392 g/mol. The molecule has 0 atom stereocenters. The number of aromatic nitrogens is 2. The molecule has 1 aromatic heterocycles. The Bertz CT molecular complexity index is 964. The predicted molar refractivity (Wildman–Crippen MR) is 118 cm³/mol. The molecule has 3 aromatic rings. The van der Waals surface area contributed by atoms with Crippen molar-refractivity contribution in [3.63, 3.8) is 0 Å². The van der Waals surface area contributed by atoms with Gasteiger partial charge in [-0.1, -0.05) is 35.5 Å². The van der Waals surface area contributed by atoms with Crippen LogP contribution in [0.4, 0.5) is 0 Å². The van der Waals surface area contributed by atoms with Crippen LogP contribution in [0.5, 0.6) is 5.75 Å². The van der Waals surface area contributed by atoms with Crippen LogP contribution in [0.25, 0.3) is 11.4 Å². The van der Waals surface area contributed by atoms with Crippen molar-refractivity contribution in [3.8, 4) is 17.1 Å². The Morgan fingerprint density at radius 1 is 1.03 bits per heavy atom. The fourth-order valence-electron chi connectivity index (χ4n) is 3.76. The van der Waals surface area contributed by atoms with Crippen molar-refractivity contribution in [2.24, 2.45) is 0 Å². The number of methoxy groups -OCH3 is 1. The highest BCUT2D eigenvalue weighted by Crippen LogP contribution is 2.20. The van der Waals surface area contributed by atoms with Crippen molar-refractivity contribution in [3.05, 3.63) is 66.1 Å². The predicted octanol–water partition coefficient (Wildman–Crippen LogP) is 3.41. The lowest BCUT2D eigenvalue weighted by atomic mass is 10.1. The molecule has 0 saturated carbocycles. The van der Waals surface area contributed by atoms with E-state index in [1.807, 2.05) is 35.2 Å². The van der Waals surface area contributed by atoms with Crippen LogP contribution < -0.4 is 4.74 Å². The molecule has 162 valence electrons. The Balaban J connectivity index is 1.19. The lowest BCUT2D eigenvalue weighted by Crippen LogP contribution is -2.48. The zero-order chi connectivity index (χ0) is 21.5. The number of carbonyl (C=O) groups excluding carboxylic acids is 1. The average Bonchev–Trinajstić information content (AvgIpc) is 3.29. The third-order valence-electron chi connectivity index (χ3n) is 5.57. The number of hydrogen-bond acceptors (Lipinski definition) is 6. The summed E-state index contributed by atoms with van der Waals surface area (Å²) in [6, 6.07) is 18.0. The Morgan fingerprint density at radius 2 is 1.77 bits per heavy atom. The zero-order valence-corrected chi connectivity index (χ0v) is 17.9. The largest absolute Gasteiger partial charge is 0.497 e. The highest BCUT2D eigenvalue weighted by atomic mass is 16.5. The molecule has 2 heterocycles. The van der Waals surface area contributed by atoms with Crippen LogP contribution >= 0.6 is 0 Å². The van der Waals surface area contributed by atoms with Gasteiger partial charge in [0.05, 0.1) is 7.11 Å². The fraction of sp³-hybridized carbons (Fsp3) is 0.375. The monoisotopic (exact) mass is 420 g/mol. The first-order valence-corrected chi connectivity index (χ1v) is 10.7. The molecule has 2 aromatic carbocycles. The maximum Gasteiger partial charge on any atom is 0.226 e. The van der Waals surface area contributed by atoms with Crippen molar-refractivity contribution in [1.82, 2.24) is 19.9 Å². The summed E-state index contributed by atoms with van der Waals surface area (Å²) in [5, 5.41) is 4.04. The molecule has 0 spiro atoms. The van der Waals surface area contributed by atoms with Gasteiger partial charge in [0.2, 0.25) is 17.6 Å². The smallest absolute Gasteiger partial charge is 0.226 e. The van der Waals surface area contributed by atoms with Gasteiger partial charge in [-0.3, -0.25) is 9.69 Å². The Hall–Kier alpha value is -3.19. The fourth-order valence-corrected chi connectivity index (χ4v) is 3.76. The third-order valence-corrected chi connectivity index (χ3v) is 5.57. The lowest BCUT2D eigenvalue weighted by Gasteiger charge is -2.34. The maximum absolute atomic E-state index is 12.6. The summed E-state index contributed by atoms with van der Waals surface area (Å²) in [5.41, 5.74) is 2.19. The Kier molecular flexibility index (Phi) is 6.94. The van der Waals surface area contributed by atoms with Gasteiger partial charge >= 0.3 is 0 Å². The van der Waals surface area contributed by atoms with Crippen LogP contribution in [0, 0.1) is 0 Å². The maximum atomic E-state index is 12.6. The number of carbonyl (C=O) groups is 1. The van der Waals surface area contributed by atoms with Crippen molar-refractivity contribution in [2.45, 2.75) is 25.8 Å². The van der Waals surface area contributed by atoms with E-state index in [0.29, 0.717) is 31.0 Å². The summed E-state index contributed by atoms with van der Waals surface area (Å²) in [4.78, 5) is 21.4. The van der Waals surface area contributed by atoms with Gasteiger partial charge in [0.25, 0.3) is 0 Å². The normalized spacial score (nSPS) is 14.5. The number of rotatable bonds is 8. The number of benzene rings is 2. The van der Waals surface area contributed by atoms with E-state index in [4.69, 9.17) is 9.26 Å². The second-order valence-electron chi connectivity index (χ2n) is 7.74. The van der Waals surface area contributed by atoms with Gasteiger partial charge in [-0.05, 0) is 36.2 Å². The molecule has 0 N–H and O–H groups in total. The van der Waals surface area contributed by atoms with Gasteiger partial charge in [0.15, 0.2) is 0 Å². The molecule has 1 aliphatic heterocycles. The van der Waals surface area contributed by atoms with Crippen molar-refractivity contribution < 1.29 is 14.1 Å². The zero-order valence-electron chi connectivity index (χ0n) is 17.9. The molecule has 7 nitrogen and oxygen atoms in total. The number of aryl methyl sites for hydroxylation is 1. The molecule has 1 fully saturated rings. The number of nitrogens with zero attached hydrogens (tertiary/aromatic N) is 4. The van der Waals surface area contributed by atoms with Gasteiger partial charge in [-0.2, -0.15) is 4.98 Å². The summed E-state index contributed by atoms with van der Waals surface area (Å²) in [5.74, 6) is 2.10. The topological polar surface area (TPSA) is 71.7 Å². The van der Waals surface area contributed by atoms with Crippen LogP contribution in [0.1, 0.15) is 24.3 Å². The molecule has 4 rings (SSSR count). The van der Waals surface area contributed by atoms with E-state index in [-0.39, 0.29) is 5.91 Å². The summed E-state index contributed by atoms with van der Waals surface area (Å²) < 4.78 is 10.5. The number of amides is 1. The van der Waals surface area contributed by atoms with Crippen LogP contribution in [0.3, 0.4) is 0 Å². The Labute approximate surface area is 182 Å². The molecule has 0 aliphatic carbocycles. The van der Waals surface area contributed by atoms with E-state index in [0.717, 1.165) is 44.0 Å². The summed E-state index contributed by atoms with van der Waals surface area (Å²) in [6.45, 7) is 4.34. The molecule has 7 heteroatoms. The standard InChI is InChI=1S/C24H28N4O3/c1-30-21-12-10-20(11-13-21)24-25-22(31-26-24)8-5-9-23(29)28-16-14-27(15-17-28)18-19-6-3-2-4-7-19/h2-4,6-7,10-13H,5,8-9,14-18H2,1H3. The minimum absolute atomic E-state index is 0.203. The molecule has 1 saturated heterocycles. The van der Waals surface area contributed by atoms with Gasteiger partial charge < -0.3 is 14.2 Å². The SMILES string of the molecule is COc1ccc(-c2noc(CCCC(=O)N3CCN(Cc4ccccc4)CC3)n2)cc1. The summed E-state index contributed by atoms with van der Waals surface area (Å²) in [7, 11) is 1.63. The molecular formula is C24H28N4O3. The molecule has 1 amide bonds. The molecule has 0 radical (unpaired) electrons. The number of hydrogen-bond donors (Lipinski definition) is 0. The van der Waals surface area contributed by atoms with E-state index in [9.17, 15) is 4.79 Å². The van der Waals surface area contributed by atoms with Crippen LogP contribution in [-0.4, -0.2) is 59.1 Å². The van der Waals surface area contributed by atoms with Crippen molar-refractivity contribution >= 4 is 5.91 Å². The minimum Gasteiger partial charge on any atom is -0.497 e. The van der Waals surface area contributed by atoms with Crippen molar-refractivity contribution in [1.29, 1.82) is 0 Å². The van der Waals surface area contributed by atoms with Crippen LogP contribution in [0.15, 0.2) is 59.1 Å². The van der Waals surface area contributed by atoms with Crippen LogP contribution in [-0.2, 0) is 17.8 Å². The summed E-state index contributed by atoms with van der Waals surface area (Å²) >= 11 is 0. The third kappa shape index (κ3) is 5.70. The van der Waals surface area contributed by atoms with E-state index >= 15 is 0 Å². The highest BCUT2D eigenvalue weighted by Gasteiger charge is 2.21. The lowest BCUT2D eigenvalue weighted by molar-refractivity contribution is -0.133. The molecule has 1 aliphatic rings. The number of ether oxygens (including phenoxy) is 1. The van der Waals surface area contributed by atoms with Gasteiger partial charge in [-0.15, -0.1) is 0 Å². The second kappa shape index (κ2) is 10.2. The van der Waals surface area contributed by atoms with Crippen LogP contribution in [0.2, 0.25) is 0 Å². The molecule has 0 bridgehead atoms. The minimum atomic E-state index is 0.203. The summed E-state index contributed by atoms with van der Waals surface area (Å²) in [6.07, 6.45) is 1.80. The first-order chi connectivity index (χ1) is 15.2. The first kappa shape index (κ1) is 21.1.